The van der Waals surface area contributed by atoms with E-state index in [1.165, 1.54) is 0 Å². The predicted molar refractivity (Wildman–Crippen MR) is 81.7 cm³/mol. The van der Waals surface area contributed by atoms with Gasteiger partial charge < -0.3 is 20.9 Å². The Morgan fingerprint density at radius 2 is 2.16 bits per heavy atom. The van der Waals surface area contributed by atoms with Crippen LogP contribution in [0.15, 0.2) is 22.7 Å². The highest BCUT2D eigenvalue weighted by Crippen LogP contribution is 2.33. The van der Waals surface area contributed by atoms with Crippen molar-refractivity contribution in [1.29, 1.82) is 0 Å². The van der Waals surface area contributed by atoms with E-state index in [1.54, 1.807) is 7.11 Å². The molecule has 1 rings (SSSR count). The minimum atomic E-state index is -0.500. The number of rotatable bonds is 7. The first-order valence-corrected chi connectivity index (χ1v) is 7.13. The zero-order valence-corrected chi connectivity index (χ0v) is 13.3. The zero-order valence-electron chi connectivity index (χ0n) is 11.7. The van der Waals surface area contributed by atoms with Crippen molar-refractivity contribution in [2.75, 3.05) is 26.7 Å². The topological polar surface area (TPSA) is 67.5 Å². The van der Waals surface area contributed by atoms with E-state index < -0.39 is 6.10 Å². The summed E-state index contributed by atoms with van der Waals surface area (Å²) in [5, 5.41) is 12.7. The predicted octanol–water partition coefficient (Wildman–Crippen LogP) is 1.64. The molecule has 0 spiro atoms. The molecule has 1 aromatic carbocycles. The summed E-state index contributed by atoms with van der Waals surface area (Å²) >= 11 is 3.49. The second kappa shape index (κ2) is 7.24. The van der Waals surface area contributed by atoms with Gasteiger partial charge in [-0.1, -0.05) is 29.8 Å². The lowest BCUT2D eigenvalue weighted by atomic mass is 9.84. The normalized spacial score (nSPS) is 13.4. The van der Waals surface area contributed by atoms with Crippen molar-refractivity contribution in [2.45, 2.75) is 25.4 Å². The molecule has 0 radical (unpaired) electrons. The van der Waals surface area contributed by atoms with E-state index in [-0.39, 0.29) is 12.0 Å². The van der Waals surface area contributed by atoms with Crippen molar-refractivity contribution < 1.29 is 9.84 Å². The molecule has 0 aliphatic rings. The average Bonchev–Trinajstić information content (AvgIpc) is 2.38. The standard InChI is InChI=1S/C14H23BrN2O2/c1-14(2,9-17-8-11(18)7-16)12-6-10(15)4-5-13(12)19-3/h4-6,11,17-18H,7-9,16H2,1-3H3. The Labute approximate surface area is 123 Å². The van der Waals surface area contributed by atoms with E-state index >= 15 is 0 Å². The van der Waals surface area contributed by atoms with Crippen LogP contribution in [-0.2, 0) is 5.41 Å². The highest BCUT2D eigenvalue weighted by Gasteiger charge is 2.24. The number of aliphatic hydroxyl groups is 1. The summed E-state index contributed by atoms with van der Waals surface area (Å²) in [6, 6.07) is 5.99. The quantitative estimate of drug-likeness (QED) is 0.711. The van der Waals surface area contributed by atoms with Crippen molar-refractivity contribution in [2.24, 2.45) is 5.73 Å². The van der Waals surface area contributed by atoms with Crippen LogP contribution in [0.3, 0.4) is 0 Å². The maximum atomic E-state index is 9.45. The van der Waals surface area contributed by atoms with Gasteiger partial charge in [0, 0.05) is 35.1 Å². The van der Waals surface area contributed by atoms with Crippen molar-refractivity contribution >= 4 is 15.9 Å². The summed E-state index contributed by atoms with van der Waals surface area (Å²) in [5.41, 5.74) is 6.40. The Morgan fingerprint density at radius 1 is 1.47 bits per heavy atom. The van der Waals surface area contributed by atoms with Crippen LogP contribution < -0.4 is 15.8 Å². The molecule has 0 amide bonds. The molecule has 0 bridgehead atoms. The lowest BCUT2D eigenvalue weighted by Gasteiger charge is -2.28. The molecular weight excluding hydrogens is 308 g/mol. The Kier molecular flexibility index (Phi) is 6.26. The first-order chi connectivity index (χ1) is 8.90. The SMILES string of the molecule is COc1ccc(Br)cc1C(C)(C)CNCC(O)CN. The minimum absolute atomic E-state index is 0.108. The van der Waals surface area contributed by atoms with Gasteiger partial charge in [-0.15, -0.1) is 0 Å². The Morgan fingerprint density at radius 3 is 2.74 bits per heavy atom. The Bertz CT molecular complexity index is 410. The molecule has 1 atom stereocenters. The van der Waals surface area contributed by atoms with E-state index in [1.807, 2.05) is 12.1 Å². The number of ether oxygens (including phenoxy) is 1. The van der Waals surface area contributed by atoms with Crippen LogP contribution in [0, 0.1) is 0 Å². The molecule has 0 aliphatic carbocycles. The second-order valence-corrected chi connectivity index (χ2v) is 6.16. The van der Waals surface area contributed by atoms with Gasteiger partial charge in [0.25, 0.3) is 0 Å². The minimum Gasteiger partial charge on any atom is -0.496 e. The smallest absolute Gasteiger partial charge is 0.122 e. The van der Waals surface area contributed by atoms with Gasteiger partial charge in [-0.3, -0.25) is 0 Å². The van der Waals surface area contributed by atoms with E-state index in [9.17, 15) is 5.11 Å². The van der Waals surface area contributed by atoms with Gasteiger partial charge in [0.15, 0.2) is 0 Å². The maximum Gasteiger partial charge on any atom is 0.122 e. The second-order valence-electron chi connectivity index (χ2n) is 5.25. The lowest BCUT2D eigenvalue weighted by Crippen LogP contribution is -2.39. The van der Waals surface area contributed by atoms with Crippen molar-refractivity contribution in [3.8, 4) is 5.75 Å². The van der Waals surface area contributed by atoms with Crippen LogP contribution >= 0.6 is 15.9 Å². The lowest BCUT2D eigenvalue weighted by molar-refractivity contribution is 0.177. The monoisotopic (exact) mass is 330 g/mol. The number of methoxy groups -OCH3 is 1. The highest BCUT2D eigenvalue weighted by molar-refractivity contribution is 9.10. The summed E-state index contributed by atoms with van der Waals surface area (Å²) in [5.74, 6) is 0.870. The fraction of sp³-hybridized carbons (Fsp3) is 0.571. The van der Waals surface area contributed by atoms with Crippen molar-refractivity contribution in [1.82, 2.24) is 5.32 Å². The van der Waals surface area contributed by atoms with Gasteiger partial charge in [-0.2, -0.15) is 0 Å². The zero-order chi connectivity index (χ0) is 14.5. The van der Waals surface area contributed by atoms with E-state index in [2.05, 4.69) is 41.2 Å². The van der Waals surface area contributed by atoms with Gasteiger partial charge in [0.2, 0.25) is 0 Å². The first kappa shape index (κ1) is 16.4. The molecule has 0 saturated heterocycles. The van der Waals surface area contributed by atoms with Crippen LogP contribution in [0.4, 0.5) is 0 Å². The van der Waals surface area contributed by atoms with E-state index in [4.69, 9.17) is 10.5 Å². The molecule has 1 aromatic rings. The fourth-order valence-electron chi connectivity index (χ4n) is 1.94. The van der Waals surface area contributed by atoms with Crippen molar-refractivity contribution in [3.63, 3.8) is 0 Å². The van der Waals surface area contributed by atoms with Gasteiger partial charge in [-0.05, 0) is 18.2 Å². The number of nitrogens with one attached hydrogen (secondary N) is 1. The largest absolute Gasteiger partial charge is 0.496 e. The van der Waals surface area contributed by atoms with Gasteiger partial charge >= 0.3 is 0 Å². The maximum absolute atomic E-state index is 9.45. The molecule has 0 aromatic heterocycles. The number of halogens is 1. The fourth-order valence-corrected chi connectivity index (χ4v) is 2.30. The molecule has 0 aliphatic heterocycles. The van der Waals surface area contributed by atoms with Gasteiger partial charge in [0.1, 0.15) is 5.75 Å². The van der Waals surface area contributed by atoms with E-state index in [0.29, 0.717) is 6.54 Å². The molecule has 19 heavy (non-hydrogen) atoms. The van der Waals surface area contributed by atoms with E-state index in [0.717, 1.165) is 22.3 Å². The number of nitrogens with two attached hydrogens (primary N) is 1. The average molecular weight is 331 g/mol. The third-order valence-electron chi connectivity index (χ3n) is 3.11. The molecule has 0 saturated carbocycles. The third kappa shape index (κ3) is 4.76. The molecule has 4 nitrogen and oxygen atoms in total. The summed E-state index contributed by atoms with van der Waals surface area (Å²) in [4.78, 5) is 0. The molecule has 0 heterocycles. The van der Waals surface area contributed by atoms with Crippen LogP contribution in [-0.4, -0.2) is 38.0 Å². The Balaban J connectivity index is 2.78. The van der Waals surface area contributed by atoms with Crippen LogP contribution in [0.2, 0.25) is 0 Å². The summed E-state index contributed by atoms with van der Waals surface area (Å²) in [6.07, 6.45) is -0.500. The first-order valence-electron chi connectivity index (χ1n) is 6.33. The van der Waals surface area contributed by atoms with Crippen LogP contribution in [0.1, 0.15) is 19.4 Å². The third-order valence-corrected chi connectivity index (χ3v) is 3.60. The summed E-state index contributed by atoms with van der Waals surface area (Å²) in [6.45, 7) is 5.78. The molecule has 4 N–H and O–H groups in total. The van der Waals surface area contributed by atoms with Crippen LogP contribution in [0.5, 0.6) is 5.75 Å². The van der Waals surface area contributed by atoms with Crippen molar-refractivity contribution in [3.05, 3.63) is 28.2 Å². The Hall–Kier alpha value is -0.620. The molecular formula is C14H23BrN2O2. The van der Waals surface area contributed by atoms with Gasteiger partial charge in [0.05, 0.1) is 13.2 Å². The van der Waals surface area contributed by atoms with Gasteiger partial charge in [-0.25, -0.2) is 0 Å². The molecule has 5 heteroatoms. The number of hydrogen-bond acceptors (Lipinski definition) is 4. The summed E-state index contributed by atoms with van der Waals surface area (Å²) in [7, 11) is 1.68. The van der Waals surface area contributed by atoms with Crippen LogP contribution in [0.25, 0.3) is 0 Å². The number of aliphatic hydroxyl groups excluding tert-OH is 1. The highest BCUT2D eigenvalue weighted by atomic mass is 79.9. The molecule has 0 fully saturated rings. The summed E-state index contributed by atoms with van der Waals surface area (Å²) < 4.78 is 6.44. The molecule has 1 unspecified atom stereocenters. The number of benzene rings is 1. The molecule has 108 valence electrons. The number of hydrogen-bond donors (Lipinski definition) is 3.